The first-order valence-corrected chi connectivity index (χ1v) is 9.80. The molecule has 2 amide bonds. The molecule has 1 fully saturated rings. The Labute approximate surface area is 174 Å². The molecule has 1 aromatic heterocycles. The van der Waals surface area contributed by atoms with Crippen LogP contribution in [-0.2, 0) is 15.7 Å². The molecule has 11 heteroatoms. The lowest BCUT2D eigenvalue weighted by atomic mass is 10.2. The van der Waals surface area contributed by atoms with E-state index in [4.69, 9.17) is 4.74 Å². The molecule has 0 aliphatic carbocycles. The molecule has 1 aliphatic heterocycles. The number of rotatable bonds is 5. The summed E-state index contributed by atoms with van der Waals surface area (Å²) in [6, 6.07) is 0. The second kappa shape index (κ2) is 9.48. The molecule has 168 valence electrons. The average Bonchev–Trinajstić information content (AvgIpc) is 2.66. The first-order valence-electron chi connectivity index (χ1n) is 9.80. The number of alkyl halides is 3. The molecule has 2 heterocycles. The highest BCUT2D eigenvalue weighted by Crippen LogP contribution is 2.28. The summed E-state index contributed by atoms with van der Waals surface area (Å²) in [6.45, 7) is 9.49. The van der Waals surface area contributed by atoms with Gasteiger partial charge in [-0.3, -0.25) is 4.79 Å². The standard InChI is InChI=1S/C19H28F3N5O3/c1-5-25(17(29)30-18(2,3)4)7-6-15(28)26-8-10-27(11-9-26)16-23-12-14(13-24-16)19(20,21)22/h12-13H,5-11H2,1-4H3. The number of nitrogens with zero attached hydrogens (tertiary/aromatic N) is 5. The van der Waals surface area contributed by atoms with E-state index in [-0.39, 0.29) is 24.8 Å². The van der Waals surface area contributed by atoms with Gasteiger partial charge in [0, 0.05) is 58.1 Å². The monoisotopic (exact) mass is 431 g/mol. The Morgan fingerprint density at radius 1 is 1.10 bits per heavy atom. The van der Waals surface area contributed by atoms with E-state index in [0.29, 0.717) is 32.7 Å². The molecule has 0 bridgehead atoms. The van der Waals surface area contributed by atoms with Gasteiger partial charge in [0.2, 0.25) is 11.9 Å². The highest BCUT2D eigenvalue weighted by atomic mass is 19.4. The lowest BCUT2D eigenvalue weighted by Crippen LogP contribution is -2.50. The minimum atomic E-state index is -4.48. The van der Waals surface area contributed by atoms with Crippen molar-refractivity contribution < 1.29 is 27.5 Å². The minimum absolute atomic E-state index is 0.0926. The maximum Gasteiger partial charge on any atom is 0.419 e. The Hall–Kier alpha value is -2.59. The van der Waals surface area contributed by atoms with E-state index in [1.54, 1.807) is 30.6 Å². The van der Waals surface area contributed by atoms with Crippen molar-refractivity contribution in [3.05, 3.63) is 18.0 Å². The predicted molar refractivity (Wildman–Crippen MR) is 104 cm³/mol. The molecule has 2 rings (SSSR count). The number of piperazine rings is 1. The Morgan fingerprint density at radius 3 is 2.13 bits per heavy atom. The van der Waals surface area contributed by atoms with Crippen LogP contribution in [0.5, 0.6) is 0 Å². The number of halogens is 3. The summed E-state index contributed by atoms with van der Waals surface area (Å²) in [4.78, 5) is 37.1. The summed E-state index contributed by atoms with van der Waals surface area (Å²) < 4.78 is 43.2. The predicted octanol–water partition coefficient (Wildman–Crippen LogP) is 2.79. The molecule has 30 heavy (non-hydrogen) atoms. The van der Waals surface area contributed by atoms with E-state index in [9.17, 15) is 22.8 Å². The van der Waals surface area contributed by atoms with Crippen molar-refractivity contribution in [1.82, 2.24) is 19.8 Å². The SMILES string of the molecule is CCN(CCC(=O)N1CCN(c2ncc(C(F)(F)F)cn2)CC1)C(=O)OC(C)(C)C. The molecule has 0 N–H and O–H groups in total. The second-order valence-corrected chi connectivity index (χ2v) is 7.95. The number of hydrogen-bond acceptors (Lipinski definition) is 6. The maximum absolute atomic E-state index is 12.6. The van der Waals surface area contributed by atoms with Crippen LogP contribution in [0.2, 0.25) is 0 Å². The topological polar surface area (TPSA) is 78.9 Å². The van der Waals surface area contributed by atoms with Gasteiger partial charge in [-0.05, 0) is 27.7 Å². The van der Waals surface area contributed by atoms with Crippen LogP contribution in [0.1, 0.15) is 39.7 Å². The molecule has 0 spiro atoms. The molecule has 0 atom stereocenters. The number of ether oxygens (including phenoxy) is 1. The number of hydrogen-bond donors (Lipinski definition) is 0. The van der Waals surface area contributed by atoms with Crippen molar-refractivity contribution in [2.45, 2.75) is 45.9 Å². The minimum Gasteiger partial charge on any atom is -0.444 e. The van der Waals surface area contributed by atoms with E-state index in [1.165, 1.54) is 4.90 Å². The van der Waals surface area contributed by atoms with Crippen LogP contribution in [-0.4, -0.2) is 76.6 Å². The van der Waals surface area contributed by atoms with Crippen LogP contribution in [0.3, 0.4) is 0 Å². The van der Waals surface area contributed by atoms with Gasteiger partial charge in [-0.15, -0.1) is 0 Å². The van der Waals surface area contributed by atoms with E-state index in [2.05, 4.69) is 9.97 Å². The lowest BCUT2D eigenvalue weighted by Gasteiger charge is -2.35. The molecule has 0 aromatic carbocycles. The molecular weight excluding hydrogens is 403 g/mol. The largest absolute Gasteiger partial charge is 0.444 e. The summed E-state index contributed by atoms with van der Waals surface area (Å²) in [5.74, 6) is 0.113. The molecule has 1 saturated heterocycles. The molecule has 1 aromatic rings. The third kappa shape index (κ3) is 6.74. The zero-order valence-electron chi connectivity index (χ0n) is 17.7. The maximum atomic E-state index is 12.6. The Bertz CT molecular complexity index is 726. The second-order valence-electron chi connectivity index (χ2n) is 7.95. The molecule has 0 saturated carbocycles. The van der Waals surface area contributed by atoms with Crippen LogP contribution in [0.15, 0.2) is 12.4 Å². The zero-order valence-corrected chi connectivity index (χ0v) is 17.7. The smallest absolute Gasteiger partial charge is 0.419 e. The molecule has 1 aliphatic rings. The van der Waals surface area contributed by atoms with Crippen LogP contribution in [0.4, 0.5) is 23.9 Å². The first-order chi connectivity index (χ1) is 13.9. The van der Waals surface area contributed by atoms with Gasteiger partial charge >= 0.3 is 12.3 Å². The summed E-state index contributed by atoms with van der Waals surface area (Å²) in [6.07, 6.45) is -3.24. The van der Waals surface area contributed by atoms with Crippen LogP contribution < -0.4 is 4.90 Å². The fourth-order valence-electron chi connectivity index (χ4n) is 2.88. The number of aromatic nitrogens is 2. The average molecular weight is 431 g/mol. The fraction of sp³-hybridized carbons (Fsp3) is 0.684. The molecular formula is C19H28F3N5O3. The fourth-order valence-corrected chi connectivity index (χ4v) is 2.88. The van der Waals surface area contributed by atoms with Gasteiger partial charge < -0.3 is 19.4 Å². The van der Waals surface area contributed by atoms with Gasteiger partial charge in [-0.2, -0.15) is 13.2 Å². The van der Waals surface area contributed by atoms with Crippen molar-refractivity contribution in [3.8, 4) is 0 Å². The van der Waals surface area contributed by atoms with Crippen LogP contribution >= 0.6 is 0 Å². The third-order valence-electron chi connectivity index (χ3n) is 4.51. The quantitative estimate of drug-likeness (QED) is 0.714. The third-order valence-corrected chi connectivity index (χ3v) is 4.51. The first kappa shape index (κ1) is 23.7. The van der Waals surface area contributed by atoms with E-state index in [0.717, 1.165) is 12.4 Å². The van der Waals surface area contributed by atoms with Crippen LogP contribution in [0.25, 0.3) is 0 Å². The summed E-state index contributed by atoms with van der Waals surface area (Å²) in [5.41, 5.74) is -1.50. The lowest BCUT2D eigenvalue weighted by molar-refractivity contribution is -0.138. The number of carbonyl (C=O) groups is 2. The zero-order chi connectivity index (χ0) is 22.5. The van der Waals surface area contributed by atoms with Crippen molar-refractivity contribution >= 4 is 17.9 Å². The van der Waals surface area contributed by atoms with Crippen LogP contribution in [0, 0.1) is 0 Å². The number of amides is 2. The van der Waals surface area contributed by atoms with E-state index < -0.39 is 23.4 Å². The van der Waals surface area contributed by atoms with Crippen molar-refractivity contribution in [2.75, 3.05) is 44.2 Å². The molecule has 0 unspecified atom stereocenters. The number of anilines is 1. The van der Waals surface area contributed by atoms with Crippen molar-refractivity contribution in [2.24, 2.45) is 0 Å². The highest BCUT2D eigenvalue weighted by molar-refractivity contribution is 5.77. The Kier molecular flexibility index (Phi) is 7.49. The molecule has 0 radical (unpaired) electrons. The Balaban J connectivity index is 1.83. The van der Waals surface area contributed by atoms with E-state index in [1.807, 2.05) is 6.92 Å². The van der Waals surface area contributed by atoms with E-state index >= 15 is 0 Å². The van der Waals surface area contributed by atoms with Gasteiger partial charge in [0.25, 0.3) is 0 Å². The summed E-state index contributed by atoms with van der Waals surface area (Å²) in [7, 11) is 0. The van der Waals surface area contributed by atoms with Gasteiger partial charge in [0.05, 0.1) is 5.56 Å². The van der Waals surface area contributed by atoms with Gasteiger partial charge in [-0.25, -0.2) is 14.8 Å². The Morgan fingerprint density at radius 2 is 1.67 bits per heavy atom. The van der Waals surface area contributed by atoms with Gasteiger partial charge in [0.15, 0.2) is 0 Å². The summed E-state index contributed by atoms with van der Waals surface area (Å²) >= 11 is 0. The number of carbonyl (C=O) groups excluding carboxylic acids is 2. The van der Waals surface area contributed by atoms with Gasteiger partial charge in [-0.1, -0.05) is 0 Å². The van der Waals surface area contributed by atoms with Crippen molar-refractivity contribution in [3.63, 3.8) is 0 Å². The highest BCUT2D eigenvalue weighted by Gasteiger charge is 2.32. The summed E-state index contributed by atoms with van der Waals surface area (Å²) in [5, 5.41) is 0. The van der Waals surface area contributed by atoms with Crippen molar-refractivity contribution in [1.29, 1.82) is 0 Å². The molecule has 8 nitrogen and oxygen atoms in total. The van der Waals surface area contributed by atoms with Gasteiger partial charge in [0.1, 0.15) is 5.60 Å². The normalized spacial score (nSPS) is 15.2.